The highest BCUT2D eigenvalue weighted by Crippen LogP contribution is 2.33. The van der Waals surface area contributed by atoms with Gasteiger partial charge in [-0.2, -0.15) is 0 Å². The molecule has 23 heavy (non-hydrogen) atoms. The first kappa shape index (κ1) is 20.8. The zero-order valence-electron chi connectivity index (χ0n) is 14.7. The molecular formula is C19H33IO3. The molecule has 0 amide bonds. The lowest BCUT2D eigenvalue weighted by atomic mass is 9.84. The second kappa shape index (κ2) is 10.6. The minimum Gasteiger partial charge on any atom is -0.504 e. The fourth-order valence-electron chi connectivity index (χ4n) is 3.22. The first-order chi connectivity index (χ1) is 10.8. The lowest BCUT2D eigenvalue weighted by molar-refractivity contribution is 0.235. The number of alkyl halides is 1. The molecule has 4 heteroatoms. The molecule has 0 spiro atoms. The largest absolute Gasteiger partial charge is 0.504 e. The van der Waals surface area contributed by atoms with Gasteiger partial charge in [-0.3, -0.25) is 0 Å². The molecule has 0 bridgehead atoms. The Morgan fingerprint density at radius 2 is 1.83 bits per heavy atom. The standard InChI is InChI=1S/C19H33IO3/c1-13(2)4-5-15(8-9-21)11-17(20)14(3)10-16-6-7-18(22)19(23)12-16/h7,12-17,21-23H,4-6,8-11H2,1-3H3. The molecular weight excluding hydrogens is 403 g/mol. The third-order valence-electron chi connectivity index (χ3n) is 4.81. The highest BCUT2D eigenvalue weighted by molar-refractivity contribution is 14.1. The summed E-state index contributed by atoms with van der Waals surface area (Å²) >= 11 is 2.56. The van der Waals surface area contributed by atoms with Crippen LogP contribution >= 0.6 is 22.6 Å². The smallest absolute Gasteiger partial charge is 0.153 e. The molecule has 3 nitrogen and oxygen atoms in total. The first-order valence-electron chi connectivity index (χ1n) is 8.88. The topological polar surface area (TPSA) is 60.7 Å². The highest BCUT2D eigenvalue weighted by Gasteiger charge is 2.23. The molecule has 0 fully saturated rings. The molecule has 0 aromatic rings. The predicted octanol–water partition coefficient (Wildman–Crippen LogP) is 5.54. The van der Waals surface area contributed by atoms with Crippen LogP contribution in [0.15, 0.2) is 23.7 Å². The summed E-state index contributed by atoms with van der Waals surface area (Å²) in [5, 5.41) is 28.4. The number of hydrogen-bond acceptors (Lipinski definition) is 3. The van der Waals surface area contributed by atoms with E-state index in [4.69, 9.17) is 0 Å². The highest BCUT2D eigenvalue weighted by atomic mass is 127. The maximum absolute atomic E-state index is 9.65. The summed E-state index contributed by atoms with van der Waals surface area (Å²) in [7, 11) is 0. The molecule has 4 unspecified atom stereocenters. The number of rotatable bonds is 10. The molecule has 0 aromatic carbocycles. The van der Waals surface area contributed by atoms with E-state index in [1.807, 2.05) is 0 Å². The van der Waals surface area contributed by atoms with E-state index in [0.717, 1.165) is 31.6 Å². The van der Waals surface area contributed by atoms with Crippen LogP contribution in [-0.2, 0) is 0 Å². The second-order valence-corrected chi connectivity index (χ2v) is 9.05. The molecule has 0 saturated carbocycles. The molecule has 134 valence electrons. The van der Waals surface area contributed by atoms with Gasteiger partial charge in [0.15, 0.2) is 11.5 Å². The Hall–Kier alpha value is -0.230. The van der Waals surface area contributed by atoms with Crippen LogP contribution in [0, 0.1) is 23.7 Å². The van der Waals surface area contributed by atoms with Gasteiger partial charge in [-0.25, -0.2) is 0 Å². The number of halogens is 1. The van der Waals surface area contributed by atoms with Crippen molar-refractivity contribution in [2.45, 2.75) is 63.2 Å². The lowest BCUT2D eigenvalue weighted by Gasteiger charge is -2.27. The molecule has 4 atom stereocenters. The SMILES string of the molecule is CC(C)CCC(CCO)CC(I)C(C)CC1C=C(O)C(O)=CC1. The monoisotopic (exact) mass is 436 g/mol. The number of aliphatic hydroxyl groups is 3. The summed E-state index contributed by atoms with van der Waals surface area (Å²) in [6.45, 7) is 7.07. The van der Waals surface area contributed by atoms with Crippen LogP contribution in [0.5, 0.6) is 0 Å². The summed E-state index contributed by atoms with van der Waals surface area (Å²) in [6, 6.07) is 0. The number of aliphatic hydroxyl groups excluding tert-OH is 3. The Morgan fingerprint density at radius 1 is 1.13 bits per heavy atom. The molecule has 3 N–H and O–H groups in total. The van der Waals surface area contributed by atoms with Gasteiger partial charge in [0.05, 0.1) is 0 Å². The van der Waals surface area contributed by atoms with Crippen LogP contribution < -0.4 is 0 Å². The van der Waals surface area contributed by atoms with Crippen LogP contribution in [0.4, 0.5) is 0 Å². The summed E-state index contributed by atoms with van der Waals surface area (Å²) in [4.78, 5) is 0. The van der Waals surface area contributed by atoms with Gasteiger partial charge in [-0.15, -0.1) is 0 Å². The quantitative estimate of drug-likeness (QED) is 0.311. The average molecular weight is 436 g/mol. The van der Waals surface area contributed by atoms with Gasteiger partial charge in [0, 0.05) is 10.5 Å². The van der Waals surface area contributed by atoms with Crippen molar-refractivity contribution in [3.8, 4) is 0 Å². The molecule has 0 heterocycles. The van der Waals surface area contributed by atoms with Gasteiger partial charge in [0.1, 0.15) is 0 Å². The van der Waals surface area contributed by atoms with E-state index in [1.54, 1.807) is 12.2 Å². The third-order valence-corrected chi connectivity index (χ3v) is 6.55. The van der Waals surface area contributed by atoms with Gasteiger partial charge >= 0.3 is 0 Å². The van der Waals surface area contributed by atoms with Crippen molar-refractivity contribution in [3.63, 3.8) is 0 Å². The molecule has 1 rings (SSSR count). The summed E-state index contributed by atoms with van der Waals surface area (Å²) in [5.74, 6) is 2.22. The van der Waals surface area contributed by atoms with Crippen LogP contribution in [-0.4, -0.2) is 25.9 Å². The molecule has 0 aromatic heterocycles. The zero-order valence-corrected chi connectivity index (χ0v) is 16.9. The van der Waals surface area contributed by atoms with Gasteiger partial charge in [-0.05, 0) is 61.5 Å². The zero-order chi connectivity index (χ0) is 17.4. The fraction of sp³-hybridized carbons (Fsp3) is 0.789. The number of allylic oxidation sites excluding steroid dienone is 2. The normalized spacial score (nSPS) is 22.4. The van der Waals surface area contributed by atoms with E-state index >= 15 is 0 Å². The molecule has 0 saturated heterocycles. The van der Waals surface area contributed by atoms with Crippen molar-refractivity contribution in [3.05, 3.63) is 23.7 Å². The Balaban J connectivity index is 2.46. The Kier molecular flexibility index (Phi) is 9.59. The van der Waals surface area contributed by atoms with Gasteiger partial charge in [-0.1, -0.05) is 56.2 Å². The predicted molar refractivity (Wildman–Crippen MR) is 105 cm³/mol. The van der Waals surface area contributed by atoms with E-state index in [9.17, 15) is 15.3 Å². The first-order valence-corrected chi connectivity index (χ1v) is 10.1. The Morgan fingerprint density at radius 3 is 2.39 bits per heavy atom. The summed E-state index contributed by atoms with van der Waals surface area (Å²) < 4.78 is 0.575. The Bertz CT molecular complexity index is 403. The van der Waals surface area contributed by atoms with E-state index in [0.29, 0.717) is 21.7 Å². The minimum absolute atomic E-state index is 0.0108. The fourth-order valence-corrected chi connectivity index (χ4v) is 4.23. The minimum atomic E-state index is 0.0108. The van der Waals surface area contributed by atoms with Crippen molar-refractivity contribution < 1.29 is 15.3 Å². The maximum atomic E-state index is 9.65. The van der Waals surface area contributed by atoms with Crippen LogP contribution in [0.3, 0.4) is 0 Å². The lowest BCUT2D eigenvalue weighted by Crippen LogP contribution is -2.20. The van der Waals surface area contributed by atoms with Crippen LogP contribution in [0.2, 0.25) is 0 Å². The average Bonchev–Trinajstić information content (AvgIpc) is 2.48. The van der Waals surface area contributed by atoms with Crippen molar-refractivity contribution in [2.75, 3.05) is 6.61 Å². The third kappa shape index (κ3) is 7.92. The van der Waals surface area contributed by atoms with Gasteiger partial charge in [0.2, 0.25) is 0 Å². The van der Waals surface area contributed by atoms with Crippen molar-refractivity contribution in [2.24, 2.45) is 23.7 Å². The van der Waals surface area contributed by atoms with Crippen molar-refractivity contribution in [1.82, 2.24) is 0 Å². The molecule has 1 aliphatic carbocycles. The van der Waals surface area contributed by atoms with Crippen molar-refractivity contribution in [1.29, 1.82) is 0 Å². The van der Waals surface area contributed by atoms with E-state index in [2.05, 4.69) is 43.4 Å². The van der Waals surface area contributed by atoms with Gasteiger partial charge < -0.3 is 15.3 Å². The molecule has 1 aliphatic rings. The van der Waals surface area contributed by atoms with Crippen LogP contribution in [0.1, 0.15) is 59.3 Å². The Labute approximate surface area is 155 Å². The summed E-state index contributed by atoms with van der Waals surface area (Å²) in [6.07, 6.45) is 9.81. The van der Waals surface area contributed by atoms with Crippen LogP contribution in [0.25, 0.3) is 0 Å². The van der Waals surface area contributed by atoms with E-state index in [-0.39, 0.29) is 18.1 Å². The maximum Gasteiger partial charge on any atom is 0.153 e. The van der Waals surface area contributed by atoms with Crippen molar-refractivity contribution >= 4 is 22.6 Å². The van der Waals surface area contributed by atoms with E-state index < -0.39 is 0 Å². The molecule has 0 aliphatic heterocycles. The molecule has 0 radical (unpaired) electrons. The number of hydrogen-bond donors (Lipinski definition) is 3. The second-order valence-electron chi connectivity index (χ2n) is 7.45. The van der Waals surface area contributed by atoms with E-state index in [1.165, 1.54) is 12.8 Å². The summed E-state index contributed by atoms with van der Waals surface area (Å²) in [5.41, 5.74) is 0. The van der Waals surface area contributed by atoms with Gasteiger partial charge in [0.25, 0.3) is 0 Å².